The molecular formula is C14H18BrN3O3. The van der Waals surface area contributed by atoms with Crippen molar-refractivity contribution in [2.75, 3.05) is 11.9 Å². The first-order valence-electron chi connectivity index (χ1n) is 6.79. The molecule has 0 radical (unpaired) electrons. The van der Waals surface area contributed by atoms with E-state index in [1.165, 1.54) is 0 Å². The molecule has 1 aliphatic rings. The van der Waals surface area contributed by atoms with Crippen LogP contribution in [0.2, 0.25) is 0 Å². The molecule has 1 atom stereocenters. The van der Waals surface area contributed by atoms with Gasteiger partial charge in [-0.25, -0.2) is 0 Å². The second kappa shape index (κ2) is 7.42. The first kappa shape index (κ1) is 15.8. The molecule has 6 nitrogen and oxygen atoms in total. The van der Waals surface area contributed by atoms with Gasteiger partial charge in [-0.3, -0.25) is 4.79 Å². The van der Waals surface area contributed by atoms with E-state index in [1.807, 2.05) is 0 Å². The van der Waals surface area contributed by atoms with Gasteiger partial charge < -0.3 is 21.0 Å². The molecule has 0 bridgehead atoms. The quantitative estimate of drug-likeness (QED) is 0.327. The minimum Gasteiger partial charge on any atom is -0.409 e. The van der Waals surface area contributed by atoms with Gasteiger partial charge in [0.25, 0.3) is 0 Å². The van der Waals surface area contributed by atoms with Crippen LogP contribution >= 0.6 is 15.9 Å². The Morgan fingerprint density at radius 1 is 1.57 bits per heavy atom. The summed E-state index contributed by atoms with van der Waals surface area (Å²) in [6, 6.07) is 5.18. The van der Waals surface area contributed by atoms with Gasteiger partial charge in [-0.05, 0) is 37.5 Å². The van der Waals surface area contributed by atoms with Crippen molar-refractivity contribution < 1.29 is 14.7 Å². The molecule has 1 aliphatic heterocycles. The van der Waals surface area contributed by atoms with Crippen LogP contribution in [-0.4, -0.2) is 29.7 Å². The molecule has 1 saturated heterocycles. The number of ether oxygens (including phenoxy) is 1. The summed E-state index contributed by atoms with van der Waals surface area (Å²) < 4.78 is 6.27. The summed E-state index contributed by atoms with van der Waals surface area (Å²) in [6.07, 6.45) is 3.36. The molecule has 1 amide bonds. The zero-order chi connectivity index (χ0) is 15.2. The Morgan fingerprint density at radius 3 is 3.05 bits per heavy atom. The molecule has 2 rings (SSSR count). The number of amides is 1. The van der Waals surface area contributed by atoms with Crippen molar-refractivity contribution in [1.29, 1.82) is 0 Å². The van der Waals surface area contributed by atoms with Gasteiger partial charge in [0.05, 0.1) is 11.8 Å². The molecule has 21 heavy (non-hydrogen) atoms. The number of halogens is 1. The van der Waals surface area contributed by atoms with Gasteiger partial charge in [-0.2, -0.15) is 0 Å². The minimum absolute atomic E-state index is 0.0503. The van der Waals surface area contributed by atoms with Crippen molar-refractivity contribution >= 4 is 33.4 Å². The van der Waals surface area contributed by atoms with Crippen LogP contribution in [0, 0.1) is 0 Å². The maximum absolute atomic E-state index is 12.0. The molecule has 1 aromatic rings. The molecule has 0 aliphatic carbocycles. The molecule has 114 valence electrons. The second-order valence-electron chi connectivity index (χ2n) is 4.90. The topological polar surface area (TPSA) is 96.9 Å². The normalized spacial score (nSPS) is 18.7. The maximum atomic E-state index is 12.0. The van der Waals surface area contributed by atoms with E-state index in [1.54, 1.807) is 18.2 Å². The van der Waals surface area contributed by atoms with Crippen LogP contribution in [0.4, 0.5) is 5.69 Å². The smallest absolute Gasteiger partial charge is 0.224 e. The Balaban J connectivity index is 1.99. The Labute approximate surface area is 131 Å². The summed E-state index contributed by atoms with van der Waals surface area (Å²) in [7, 11) is 0. The van der Waals surface area contributed by atoms with E-state index < -0.39 is 0 Å². The van der Waals surface area contributed by atoms with E-state index in [9.17, 15) is 4.79 Å². The number of nitrogens with zero attached hydrogens (tertiary/aromatic N) is 1. The van der Waals surface area contributed by atoms with Crippen molar-refractivity contribution in [1.82, 2.24) is 0 Å². The van der Waals surface area contributed by atoms with E-state index in [0.29, 0.717) is 24.1 Å². The van der Waals surface area contributed by atoms with Crippen molar-refractivity contribution in [2.24, 2.45) is 10.9 Å². The molecule has 0 aromatic heterocycles. The lowest BCUT2D eigenvalue weighted by Crippen LogP contribution is -2.20. The van der Waals surface area contributed by atoms with Gasteiger partial charge in [0, 0.05) is 23.1 Å². The average molecular weight is 356 g/mol. The third kappa shape index (κ3) is 4.44. The fraction of sp³-hybridized carbons (Fsp3) is 0.429. The van der Waals surface area contributed by atoms with Crippen molar-refractivity contribution in [3.8, 4) is 0 Å². The third-order valence-corrected chi connectivity index (χ3v) is 3.85. The van der Waals surface area contributed by atoms with Gasteiger partial charge in [-0.15, -0.1) is 0 Å². The largest absolute Gasteiger partial charge is 0.409 e. The number of benzene rings is 1. The van der Waals surface area contributed by atoms with Gasteiger partial charge in [0.15, 0.2) is 5.84 Å². The van der Waals surface area contributed by atoms with Crippen molar-refractivity contribution in [3.63, 3.8) is 0 Å². The summed E-state index contributed by atoms with van der Waals surface area (Å²) in [5, 5.41) is 14.6. The van der Waals surface area contributed by atoms with E-state index in [4.69, 9.17) is 15.7 Å². The third-order valence-electron chi connectivity index (χ3n) is 3.36. The molecule has 4 N–H and O–H groups in total. The summed E-state index contributed by atoms with van der Waals surface area (Å²) in [4.78, 5) is 12.0. The first-order valence-corrected chi connectivity index (χ1v) is 7.58. The number of amidine groups is 1. The molecular weight excluding hydrogens is 338 g/mol. The van der Waals surface area contributed by atoms with Gasteiger partial charge >= 0.3 is 0 Å². The Bertz CT molecular complexity index is 542. The van der Waals surface area contributed by atoms with E-state index in [0.717, 1.165) is 23.9 Å². The monoisotopic (exact) mass is 355 g/mol. The Morgan fingerprint density at radius 2 is 2.38 bits per heavy atom. The standard InChI is InChI=1S/C14H18BrN3O3/c15-9-3-5-12(11(8-9)14(16)18-20)17-13(19)6-4-10-2-1-7-21-10/h3,5,8,10,20H,1-2,4,6-7H2,(H2,16,18)(H,17,19). The number of carbonyl (C=O) groups excluding carboxylic acids is 1. The number of anilines is 1. The second-order valence-corrected chi connectivity index (χ2v) is 5.81. The van der Waals surface area contributed by atoms with Crippen LogP contribution in [-0.2, 0) is 9.53 Å². The zero-order valence-corrected chi connectivity index (χ0v) is 13.1. The number of rotatable bonds is 5. The van der Waals surface area contributed by atoms with E-state index in [-0.39, 0.29) is 17.8 Å². The van der Waals surface area contributed by atoms with E-state index >= 15 is 0 Å². The SMILES string of the molecule is N/C(=N/O)c1cc(Br)ccc1NC(=O)CCC1CCCO1. The molecule has 7 heteroatoms. The average Bonchev–Trinajstić information content (AvgIpc) is 2.99. The predicted octanol–water partition coefficient (Wildman–Crippen LogP) is 2.44. The zero-order valence-electron chi connectivity index (χ0n) is 11.5. The number of carbonyl (C=O) groups is 1. The predicted molar refractivity (Wildman–Crippen MR) is 83.5 cm³/mol. The summed E-state index contributed by atoms with van der Waals surface area (Å²) in [5.74, 6) is -0.162. The lowest BCUT2D eigenvalue weighted by molar-refractivity contribution is -0.116. The Kier molecular flexibility index (Phi) is 5.58. The van der Waals surface area contributed by atoms with Crippen LogP contribution in [0.5, 0.6) is 0 Å². The summed E-state index contributed by atoms with van der Waals surface area (Å²) in [6.45, 7) is 0.784. The van der Waals surface area contributed by atoms with Gasteiger partial charge in [0.1, 0.15) is 0 Å². The highest BCUT2D eigenvalue weighted by Gasteiger charge is 2.17. The maximum Gasteiger partial charge on any atom is 0.224 e. The first-order chi connectivity index (χ1) is 10.1. The lowest BCUT2D eigenvalue weighted by Gasteiger charge is -2.12. The lowest BCUT2D eigenvalue weighted by atomic mass is 10.1. The fourth-order valence-corrected chi connectivity index (χ4v) is 2.63. The number of hydrogen-bond acceptors (Lipinski definition) is 4. The number of oxime groups is 1. The van der Waals surface area contributed by atoms with Gasteiger partial charge in [0.2, 0.25) is 5.91 Å². The highest BCUT2D eigenvalue weighted by molar-refractivity contribution is 9.10. The summed E-state index contributed by atoms with van der Waals surface area (Å²) in [5.41, 5.74) is 6.61. The molecule has 1 unspecified atom stereocenters. The van der Waals surface area contributed by atoms with Crippen LogP contribution in [0.3, 0.4) is 0 Å². The van der Waals surface area contributed by atoms with Crippen molar-refractivity contribution in [2.45, 2.75) is 31.8 Å². The van der Waals surface area contributed by atoms with Crippen molar-refractivity contribution in [3.05, 3.63) is 28.2 Å². The fourth-order valence-electron chi connectivity index (χ4n) is 2.27. The minimum atomic E-state index is -0.111. The molecule has 1 aromatic carbocycles. The molecule has 0 spiro atoms. The number of hydrogen-bond donors (Lipinski definition) is 3. The van der Waals surface area contributed by atoms with Crippen LogP contribution in [0.1, 0.15) is 31.2 Å². The highest BCUT2D eigenvalue weighted by Crippen LogP contribution is 2.22. The van der Waals surface area contributed by atoms with Crippen LogP contribution in [0.25, 0.3) is 0 Å². The highest BCUT2D eigenvalue weighted by atomic mass is 79.9. The number of nitrogens with one attached hydrogen (secondary N) is 1. The van der Waals surface area contributed by atoms with E-state index in [2.05, 4.69) is 26.4 Å². The van der Waals surface area contributed by atoms with Gasteiger partial charge in [-0.1, -0.05) is 21.1 Å². The molecule has 1 heterocycles. The molecule has 1 fully saturated rings. The van der Waals surface area contributed by atoms with Crippen LogP contribution < -0.4 is 11.1 Å². The summed E-state index contributed by atoms with van der Waals surface area (Å²) >= 11 is 3.31. The molecule has 0 saturated carbocycles. The number of nitrogens with two attached hydrogens (primary N) is 1. The Hall–Kier alpha value is -1.60. The van der Waals surface area contributed by atoms with Crippen LogP contribution in [0.15, 0.2) is 27.8 Å².